The van der Waals surface area contributed by atoms with E-state index in [-0.39, 0.29) is 25.2 Å². The van der Waals surface area contributed by atoms with Crippen molar-refractivity contribution in [2.75, 3.05) is 13.2 Å². The molecule has 0 rings (SSSR count). The molecule has 486 valence electrons. The molecule has 0 fully saturated rings. The van der Waals surface area contributed by atoms with Gasteiger partial charge in [-0.1, -0.05) is 381 Å². The van der Waals surface area contributed by atoms with Crippen molar-refractivity contribution >= 4 is 11.9 Å². The van der Waals surface area contributed by atoms with Crippen molar-refractivity contribution < 1.29 is 24.2 Å². The SMILES string of the molecule is CC/C=C\C/C=C\C/C=C\C/C=C\C/C=C\C/C=C\C/C=C\C/C=C\CCCCCCC(=O)OC(CO)COC(=O)CCCCCCCCCCCCCCCCCCCCCCCCCCCCCCCCCCCCCCCCCCC. The van der Waals surface area contributed by atoms with E-state index in [1.807, 2.05) is 0 Å². The highest BCUT2D eigenvalue weighted by Crippen LogP contribution is 2.19. The van der Waals surface area contributed by atoms with Crippen molar-refractivity contribution in [3.05, 3.63) is 97.2 Å². The van der Waals surface area contributed by atoms with Crippen molar-refractivity contribution in [3.63, 3.8) is 0 Å². The lowest BCUT2D eigenvalue weighted by atomic mass is 10.0. The Morgan fingerprint density at radius 2 is 0.512 bits per heavy atom. The lowest BCUT2D eigenvalue weighted by Crippen LogP contribution is -2.28. The summed E-state index contributed by atoms with van der Waals surface area (Å²) >= 11 is 0. The smallest absolute Gasteiger partial charge is 0.306 e. The molecule has 0 amide bonds. The van der Waals surface area contributed by atoms with Crippen LogP contribution >= 0.6 is 0 Å². The van der Waals surface area contributed by atoms with E-state index in [1.54, 1.807) is 0 Å². The Balaban J connectivity index is 3.44. The van der Waals surface area contributed by atoms with Crippen LogP contribution in [0.25, 0.3) is 0 Å². The molecule has 0 aliphatic carbocycles. The molecule has 0 heterocycles. The quantitative estimate of drug-likeness (QED) is 0.0373. The summed E-state index contributed by atoms with van der Waals surface area (Å²) in [4.78, 5) is 24.6. The van der Waals surface area contributed by atoms with Gasteiger partial charge in [0.1, 0.15) is 6.61 Å². The number of aliphatic hydroxyl groups is 1. The summed E-state index contributed by atoms with van der Waals surface area (Å²) in [5, 5.41) is 9.70. The number of rotatable bonds is 68. The van der Waals surface area contributed by atoms with Gasteiger partial charge in [0, 0.05) is 12.8 Å². The zero-order valence-corrected chi connectivity index (χ0v) is 55.9. The average Bonchev–Trinajstić information content (AvgIpc) is 3.51. The molecule has 5 nitrogen and oxygen atoms in total. The zero-order chi connectivity index (χ0) is 60.5. The number of ether oxygens (including phenoxy) is 2. The molecule has 1 N–H and O–H groups in total. The molecule has 0 aromatic heterocycles. The lowest BCUT2D eigenvalue weighted by molar-refractivity contribution is -0.161. The number of aliphatic hydroxyl groups excluding tert-OH is 1. The predicted molar refractivity (Wildman–Crippen MR) is 371 cm³/mol. The molecule has 0 bridgehead atoms. The fourth-order valence-corrected chi connectivity index (χ4v) is 10.9. The second-order valence-electron chi connectivity index (χ2n) is 24.7. The normalized spacial score (nSPS) is 12.8. The first-order valence-electron chi connectivity index (χ1n) is 36.8. The van der Waals surface area contributed by atoms with E-state index in [2.05, 4.69) is 111 Å². The summed E-state index contributed by atoms with van der Waals surface area (Å²) in [5.41, 5.74) is 0. The Morgan fingerprint density at radius 1 is 0.286 bits per heavy atom. The van der Waals surface area contributed by atoms with Crippen LogP contribution in [0.3, 0.4) is 0 Å². The highest BCUT2D eigenvalue weighted by Gasteiger charge is 2.16. The number of hydrogen-bond acceptors (Lipinski definition) is 5. The zero-order valence-electron chi connectivity index (χ0n) is 55.9. The van der Waals surface area contributed by atoms with Crippen molar-refractivity contribution in [1.29, 1.82) is 0 Å². The fraction of sp³-hybridized carbons (Fsp3) is 0.772. The predicted octanol–water partition coefficient (Wildman–Crippen LogP) is 25.8. The van der Waals surface area contributed by atoms with Gasteiger partial charge in [-0.25, -0.2) is 0 Å². The first kappa shape index (κ1) is 80.8. The van der Waals surface area contributed by atoms with Gasteiger partial charge < -0.3 is 14.6 Å². The molecular formula is C79H140O5. The number of carbonyl (C=O) groups excluding carboxylic acids is 2. The third kappa shape index (κ3) is 71.3. The third-order valence-corrected chi connectivity index (χ3v) is 16.4. The Hall–Kier alpha value is -3.18. The van der Waals surface area contributed by atoms with E-state index in [9.17, 15) is 14.7 Å². The summed E-state index contributed by atoms with van der Waals surface area (Å²) in [7, 11) is 0. The van der Waals surface area contributed by atoms with Crippen LogP contribution in [0.15, 0.2) is 97.2 Å². The number of allylic oxidation sites excluding steroid dienone is 16. The minimum Gasteiger partial charge on any atom is -0.462 e. The third-order valence-electron chi connectivity index (χ3n) is 16.4. The van der Waals surface area contributed by atoms with E-state index in [1.165, 1.54) is 244 Å². The highest BCUT2D eigenvalue weighted by atomic mass is 16.6. The van der Waals surface area contributed by atoms with Crippen LogP contribution in [0, 0.1) is 0 Å². The molecule has 0 saturated carbocycles. The average molecular weight is 1170 g/mol. The van der Waals surface area contributed by atoms with Crippen molar-refractivity contribution in [3.8, 4) is 0 Å². The molecule has 0 aliphatic heterocycles. The number of unbranched alkanes of at least 4 members (excludes halogenated alkanes) is 44. The molecule has 0 aromatic rings. The Kier molecular flexibility index (Phi) is 71.3. The van der Waals surface area contributed by atoms with Crippen LogP contribution in [-0.2, 0) is 19.1 Å². The first-order valence-corrected chi connectivity index (χ1v) is 36.8. The van der Waals surface area contributed by atoms with Gasteiger partial charge >= 0.3 is 11.9 Å². The highest BCUT2D eigenvalue weighted by molar-refractivity contribution is 5.70. The molecule has 1 atom stereocenters. The molecule has 0 radical (unpaired) electrons. The van der Waals surface area contributed by atoms with Gasteiger partial charge in [-0.15, -0.1) is 0 Å². The minimum atomic E-state index is -0.793. The van der Waals surface area contributed by atoms with Crippen LogP contribution in [0.5, 0.6) is 0 Å². The molecule has 5 heteroatoms. The topological polar surface area (TPSA) is 72.8 Å². The van der Waals surface area contributed by atoms with Crippen LogP contribution in [0.2, 0.25) is 0 Å². The van der Waals surface area contributed by atoms with E-state index in [0.29, 0.717) is 12.8 Å². The van der Waals surface area contributed by atoms with Crippen molar-refractivity contribution in [1.82, 2.24) is 0 Å². The Bertz CT molecular complexity index is 1560. The van der Waals surface area contributed by atoms with Crippen LogP contribution in [0.4, 0.5) is 0 Å². The monoisotopic (exact) mass is 1170 g/mol. The second-order valence-corrected chi connectivity index (χ2v) is 24.7. The molecule has 84 heavy (non-hydrogen) atoms. The Morgan fingerprint density at radius 3 is 0.774 bits per heavy atom. The van der Waals surface area contributed by atoms with Crippen LogP contribution in [0.1, 0.15) is 373 Å². The van der Waals surface area contributed by atoms with Gasteiger partial charge in [0.15, 0.2) is 6.10 Å². The molecule has 0 aliphatic rings. The van der Waals surface area contributed by atoms with Gasteiger partial charge in [0.25, 0.3) is 0 Å². The molecule has 0 saturated heterocycles. The summed E-state index contributed by atoms with van der Waals surface area (Å²) in [6.07, 6.45) is 106. The fourth-order valence-electron chi connectivity index (χ4n) is 10.9. The van der Waals surface area contributed by atoms with Crippen LogP contribution < -0.4 is 0 Å². The van der Waals surface area contributed by atoms with E-state index in [4.69, 9.17) is 9.47 Å². The van der Waals surface area contributed by atoms with Gasteiger partial charge in [-0.05, 0) is 77.0 Å². The van der Waals surface area contributed by atoms with E-state index < -0.39 is 6.10 Å². The molecule has 1 unspecified atom stereocenters. The molecule has 0 spiro atoms. The van der Waals surface area contributed by atoms with E-state index in [0.717, 1.165) is 103 Å². The van der Waals surface area contributed by atoms with Gasteiger partial charge in [0.2, 0.25) is 0 Å². The minimum absolute atomic E-state index is 0.0785. The molecular weight excluding hydrogens is 1030 g/mol. The maximum atomic E-state index is 12.3. The van der Waals surface area contributed by atoms with Gasteiger partial charge in [0.05, 0.1) is 6.61 Å². The molecule has 0 aromatic carbocycles. The number of esters is 2. The second kappa shape index (κ2) is 74.1. The van der Waals surface area contributed by atoms with Crippen molar-refractivity contribution in [2.24, 2.45) is 0 Å². The standard InChI is InChI=1S/C79H140O5/c1-3-5-7-9-11-13-15-17-19-21-23-25-27-29-31-33-34-35-36-37-38-39-40-41-42-43-44-46-47-49-51-53-55-57-59-61-63-65-67-69-71-73-78(81)83-76-77(75-80)84-79(82)74-72-70-68-66-64-62-60-58-56-54-52-50-48-45-32-30-28-26-24-22-20-18-16-14-12-10-8-6-4-2/h6,8,12,14,18,20,24,26,30,32,48,50,54,56,60,62,77,80H,3-5,7,9-11,13,15-17,19,21-23,25,27-29,31,33-47,49,51-53,55,57-59,61,63-76H2,1-2H3/b8-6-,14-12-,20-18-,26-24-,32-30-,50-48-,56-54-,62-60-. The maximum absolute atomic E-state index is 12.3. The van der Waals surface area contributed by atoms with Gasteiger partial charge in [-0.2, -0.15) is 0 Å². The summed E-state index contributed by atoms with van der Waals surface area (Å²) in [5.74, 6) is -0.611. The Labute approximate surface area is 523 Å². The van der Waals surface area contributed by atoms with E-state index >= 15 is 0 Å². The largest absolute Gasteiger partial charge is 0.462 e. The summed E-state index contributed by atoms with van der Waals surface area (Å²) < 4.78 is 10.7. The summed E-state index contributed by atoms with van der Waals surface area (Å²) in [6, 6.07) is 0. The van der Waals surface area contributed by atoms with Gasteiger partial charge in [-0.3, -0.25) is 9.59 Å². The number of carbonyl (C=O) groups is 2. The maximum Gasteiger partial charge on any atom is 0.306 e. The summed E-state index contributed by atoms with van der Waals surface area (Å²) in [6.45, 7) is 4.05. The van der Waals surface area contributed by atoms with Crippen molar-refractivity contribution in [2.45, 2.75) is 380 Å². The van der Waals surface area contributed by atoms with Crippen LogP contribution in [-0.4, -0.2) is 36.4 Å². The number of hydrogen-bond donors (Lipinski definition) is 1. The lowest BCUT2D eigenvalue weighted by Gasteiger charge is -2.15. The first-order chi connectivity index (χ1) is 41.6.